The van der Waals surface area contributed by atoms with Gasteiger partial charge in [0.15, 0.2) is 23.4 Å². The lowest BCUT2D eigenvalue weighted by Crippen LogP contribution is -2.61. The summed E-state index contributed by atoms with van der Waals surface area (Å²) in [6.45, 7) is -0.901. The Hall–Kier alpha value is -3.64. The number of phenols is 4. The lowest BCUT2D eigenvalue weighted by molar-refractivity contribution is -0.271. The second-order valence-corrected chi connectivity index (χ2v) is 8.99. The highest BCUT2D eigenvalue weighted by Gasteiger charge is 2.49. The van der Waals surface area contributed by atoms with E-state index in [1.807, 2.05) is 0 Å². The van der Waals surface area contributed by atoms with Crippen LogP contribution in [-0.4, -0.2) is 86.0 Å². The van der Waals surface area contributed by atoms with Crippen molar-refractivity contribution >= 4 is 21.4 Å². The Labute approximate surface area is 206 Å². The minimum absolute atomic E-state index is 0.102. The lowest BCUT2D eigenvalue weighted by Gasteiger charge is -2.40. The van der Waals surface area contributed by atoms with Crippen LogP contribution >= 0.6 is 0 Å². The highest BCUT2D eigenvalue weighted by molar-refractivity contribution is 7.80. The molecule has 37 heavy (non-hydrogen) atoms. The molecule has 5 atom stereocenters. The topological polar surface area (TPSA) is 254 Å². The van der Waals surface area contributed by atoms with Crippen LogP contribution in [0, 0.1) is 0 Å². The van der Waals surface area contributed by atoms with Gasteiger partial charge in [-0.2, -0.15) is 8.42 Å². The van der Waals surface area contributed by atoms with Crippen molar-refractivity contribution in [1.29, 1.82) is 0 Å². The second kappa shape index (κ2) is 9.67. The molecule has 2 heterocycles. The highest BCUT2D eigenvalue weighted by Crippen LogP contribution is 2.39. The van der Waals surface area contributed by atoms with Crippen LogP contribution < -0.4 is 10.2 Å². The maximum Gasteiger partial charge on any atom is 0.397 e. The maximum absolute atomic E-state index is 13.4. The van der Waals surface area contributed by atoms with E-state index in [4.69, 9.17) is 18.4 Å². The van der Waals surface area contributed by atoms with Gasteiger partial charge in [0.1, 0.15) is 40.8 Å². The number of aromatic hydroxyl groups is 4. The molecule has 200 valence electrons. The first kappa shape index (κ1) is 26.4. The van der Waals surface area contributed by atoms with E-state index in [1.54, 1.807) is 0 Å². The summed E-state index contributed by atoms with van der Waals surface area (Å²) in [6.07, 6.45) is -9.89. The van der Waals surface area contributed by atoms with Gasteiger partial charge in [0.25, 0.3) is 0 Å². The summed E-state index contributed by atoms with van der Waals surface area (Å²) in [6, 6.07) is 4.96. The first-order valence-corrected chi connectivity index (χ1v) is 11.7. The predicted molar refractivity (Wildman–Crippen MR) is 119 cm³/mol. The number of fused-ring (bicyclic) bond motifs is 1. The Morgan fingerprint density at radius 2 is 1.65 bits per heavy atom. The molecule has 4 rings (SSSR count). The molecule has 0 bridgehead atoms. The fraction of sp³-hybridized carbons (Fsp3) is 0.286. The monoisotopic (exact) mass is 544 g/mol. The predicted octanol–water partition coefficient (Wildman–Crippen LogP) is -0.712. The summed E-state index contributed by atoms with van der Waals surface area (Å²) >= 11 is 0. The van der Waals surface area contributed by atoms with Gasteiger partial charge in [-0.1, -0.05) is 0 Å². The number of phenolic OH excluding ortho intramolecular Hbond substituents is 4. The first-order valence-electron chi connectivity index (χ1n) is 10.3. The molecular weight excluding hydrogens is 524 g/mol. The summed E-state index contributed by atoms with van der Waals surface area (Å²) in [5.74, 6) is -3.72. The van der Waals surface area contributed by atoms with Gasteiger partial charge < -0.3 is 49.6 Å². The third kappa shape index (κ3) is 5.12. The summed E-state index contributed by atoms with van der Waals surface area (Å²) in [4.78, 5) is 13.4. The number of hydrogen-bond donors (Lipinski definition) is 8. The molecule has 1 aliphatic heterocycles. The Morgan fingerprint density at radius 1 is 0.946 bits per heavy atom. The summed E-state index contributed by atoms with van der Waals surface area (Å²) in [7, 11) is -5.28. The van der Waals surface area contributed by atoms with E-state index in [1.165, 1.54) is 6.07 Å². The van der Waals surface area contributed by atoms with Gasteiger partial charge in [-0.25, -0.2) is 4.18 Å². The minimum Gasteiger partial charge on any atom is -0.508 e. The number of aliphatic hydroxyl groups is 3. The van der Waals surface area contributed by atoms with Crippen molar-refractivity contribution in [2.45, 2.75) is 30.7 Å². The first-order chi connectivity index (χ1) is 17.3. The maximum atomic E-state index is 13.4. The quantitative estimate of drug-likeness (QED) is 0.141. The van der Waals surface area contributed by atoms with E-state index in [0.717, 1.165) is 24.3 Å². The number of rotatable bonds is 6. The van der Waals surface area contributed by atoms with Crippen LogP contribution in [-0.2, 0) is 19.3 Å². The van der Waals surface area contributed by atoms with E-state index in [9.17, 15) is 49.0 Å². The van der Waals surface area contributed by atoms with Crippen LogP contribution in [0.1, 0.15) is 0 Å². The van der Waals surface area contributed by atoms with E-state index in [2.05, 4.69) is 4.18 Å². The van der Waals surface area contributed by atoms with Crippen molar-refractivity contribution in [1.82, 2.24) is 0 Å². The van der Waals surface area contributed by atoms with Gasteiger partial charge in [0, 0.05) is 17.7 Å². The highest BCUT2D eigenvalue weighted by atomic mass is 32.3. The van der Waals surface area contributed by atoms with Gasteiger partial charge >= 0.3 is 10.4 Å². The molecule has 0 amide bonds. The van der Waals surface area contributed by atoms with Crippen LogP contribution in [0.15, 0.2) is 39.5 Å². The van der Waals surface area contributed by atoms with Gasteiger partial charge in [0.2, 0.25) is 17.5 Å². The smallest absolute Gasteiger partial charge is 0.397 e. The zero-order valence-electron chi connectivity index (χ0n) is 18.3. The van der Waals surface area contributed by atoms with Crippen molar-refractivity contribution in [3.05, 3.63) is 40.6 Å². The zero-order chi connectivity index (χ0) is 27.2. The number of aliphatic hydroxyl groups excluding tert-OH is 3. The fourth-order valence-electron chi connectivity index (χ4n) is 3.74. The molecule has 0 aliphatic carbocycles. The molecule has 16 heteroatoms. The molecule has 0 radical (unpaired) electrons. The summed E-state index contributed by atoms with van der Waals surface area (Å²) < 4.78 is 52.7. The molecule has 8 N–H and O–H groups in total. The minimum atomic E-state index is -5.28. The Bertz CT molecular complexity index is 1500. The van der Waals surface area contributed by atoms with E-state index < -0.39 is 93.0 Å². The van der Waals surface area contributed by atoms with Crippen LogP contribution in [0.25, 0.3) is 22.3 Å². The molecule has 3 aromatic rings. The van der Waals surface area contributed by atoms with Gasteiger partial charge in [-0.3, -0.25) is 9.35 Å². The molecule has 1 saturated heterocycles. The molecule has 1 aliphatic rings. The van der Waals surface area contributed by atoms with Crippen molar-refractivity contribution in [3.63, 3.8) is 0 Å². The molecule has 1 aromatic heterocycles. The van der Waals surface area contributed by atoms with Crippen LogP contribution in [0.3, 0.4) is 0 Å². The van der Waals surface area contributed by atoms with Gasteiger partial charge in [-0.05, 0) is 18.2 Å². The average Bonchev–Trinajstić information content (AvgIpc) is 2.80. The van der Waals surface area contributed by atoms with Crippen LogP contribution in [0.4, 0.5) is 0 Å². The molecule has 2 unspecified atom stereocenters. The number of benzene rings is 2. The normalized spacial score (nSPS) is 24.3. The van der Waals surface area contributed by atoms with Crippen molar-refractivity contribution < 1.29 is 66.8 Å². The molecule has 2 aromatic carbocycles. The number of hydrogen-bond acceptors (Lipinski definition) is 14. The van der Waals surface area contributed by atoms with Crippen LogP contribution in [0.2, 0.25) is 0 Å². The Morgan fingerprint density at radius 3 is 2.27 bits per heavy atom. The van der Waals surface area contributed by atoms with E-state index >= 15 is 0 Å². The van der Waals surface area contributed by atoms with Crippen molar-refractivity contribution in [2.24, 2.45) is 0 Å². The third-order valence-corrected chi connectivity index (χ3v) is 5.91. The number of ether oxygens (including phenoxy) is 2. The molecule has 0 saturated carbocycles. The molecule has 0 spiro atoms. The van der Waals surface area contributed by atoms with Crippen molar-refractivity contribution in [3.8, 4) is 40.1 Å². The van der Waals surface area contributed by atoms with Gasteiger partial charge in [-0.15, -0.1) is 0 Å². The molecule has 15 nitrogen and oxygen atoms in total. The van der Waals surface area contributed by atoms with Crippen molar-refractivity contribution in [2.75, 3.05) is 6.61 Å². The molecular formula is C21H20O15S. The Balaban J connectivity index is 1.93. The lowest BCUT2D eigenvalue weighted by atomic mass is 9.99. The van der Waals surface area contributed by atoms with Crippen LogP contribution in [0.5, 0.6) is 28.7 Å². The standard InChI is InChI=1S/C21H20O15S/c22-6-13-15(27)17(29)20(36-37(30,31)32)21(34-13)35-19-16(28)14-11(26)4-8(23)5-12(14)33-18(19)7-1-2-9(24)10(25)3-7/h1-5,13,15,17,20-27,29H,6H2,(H,30,31,32)/t13?,15-,17-,20?,21-/m0/s1. The zero-order valence-corrected chi connectivity index (χ0v) is 19.1. The second-order valence-electron chi connectivity index (χ2n) is 7.94. The SMILES string of the molecule is O=c1c(O[C@@H]2OC(CO)[C@H](O)[C@H](O)C2OS(=O)(=O)O)c(-c2ccc(O)c(O)c2)oc2cc(O)cc(O)c12. The summed E-state index contributed by atoms with van der Waals surface area (Å²) in [5, 5.41) is 69.1. The summed E-state index contributed by atoms with van der Waals surface area (Å²) in [5.41, 5.74) is -1.57. The average molecular weight is 544 g/mol. The van der Waals surface area contributed by atoms with E-state index in [-0.39, 0.29) is 11.1 Å². The van der Waals surface area contributed by atoms with Gasteiger partial charge in [0.05, 0.1) is 6.61 Å². The fourth-order valence-corrected chi connectivity index (χ4v) is 4.23. The van der Waals surface area contributed by atoms with E-state index in [0.29, 0.717) is 0 Å². The largest absolute Gasteiger partial charge is 0.508 e. The molecule has 1 fully saturated rings. The third-order valence-electron chi connectivity index (χ3n) is 5.45. The Kier molecular flexibility index (Phi) is 6.91.